The highest BCUT2D eigenvalue weighted by Gasteiger charge is 2.21. The lowest BCUT2D eigenvalue weighted by Gasteiger charge is -2.01. The Morgan fingerprint density at radius 2 is 1.79 bits per heavy atom. The largest absolute Gasteiger partial charge is 0.457 e. The van der Waals surface area contributed by atoms with Gasteiger partial charge in [-0.3, -0.25) is 0 Å². The molecule has 0 amide bonds. The van der Waals surface area contributed by atoms with Gasteiger partial charge in [-0.25, -0.2) is 4.79 Å². The lowest BCUT2D eigenvalue weighted by molar-refractivity contribution is -0.135. The third-order valence-corrected chi connectivity index (χ3v) is 2.51. The molecular weight excluding hydrogens is 176 g/mol. The van der Waals surface area contributed by atoms with Gasteiger partial charge in [0.1, 0.15) is 6.61 Å². The van der Waals surface area contributed by atoms with Gasteiger partial charge in [0.15, 0.2) is 0 Å². The number of rotatable bonds is 1. The number of esters is 1. The van der Waals surface area contributed by atoms with Crippen molar-refractivity contribution in [1.29, 1.82) is 0 Å². The molecule has 1 aliphatic rings. The summed E-state index contributed by atoms with van der Waals surface area (Å²) in [6.45, 7) is 4.26. The van der Waals surface area contributed by atoms with Crippen molar-refractivity contribution in [3.63, 3.8) is 0 Å². The van der Waals surface area contributed by atoms with E-state index >= 15 is 0 Å². The highest BCUT2D eigenvalue weighted by molar-refractivity contribution is 6.01. The van der Waals surface area contributed by atoms with Gasteiger partial charge in [-0.15, -0.1) is 0 Å². The van der Waals surface area contributed by atoms with Gasteiger partial charge < -0.3 is 4.74 Å². The van der Waals surface area contributed by atoms with E-state index < -0.39 is 0 Å². The van der Waals surface area contributed by atoms with Crippen LogP contribution in [0.3, 0.4) is 0 Å². The highest BCUT2D eigenvalue weighted by atomic mass is 16.5. The standard InChI is InChI=1S/C12H12O2/c1-8-3-5-10(6-4-8)11-7-14-12(13)9(11)2/h3-6H,7H2,1-2H3. The summed E-state index contributed by atoms with van der Waals surface area (Å²) in [5, 5.41) is 0. The van der Waals surface area contributed by atoms with Crippen LogP contribution in [0.5, 0.6) is 0 Å². The van der Waals surface area contributed by atoms with Gasteiger partial charge in [0.25, 0.3) is 0 Å². The lowest BCUT2D eigenvalue weighted by atomic mass is 10.0. The molecule has 0 N–H and O–H groups in total. The number of cyclic esters (lactones) is 1. The van der Waals surface area contributed by atoms with Crippen LogP contribution < -0.4 is 0 Å². The Labute approximate surface area is 83.2 Å². The summed E-state index contributed by atoms with van der Waals surface area (Å²) in [6, 6.07) is 8.13. The second-order valence-electron chi connectivity index (χ2n) is 3.55. The maximum atomic E-state index is 11.1. The van der Waals surface area contributed by atoms with Gasteiger partial charge in [0.2, 0.25) is 0 Å². The Balaban J connectivity index is 2.41. The van der Waals surface area contributed by atoms with Crippen molar-refractivity contribution >= 4 is 11.5 Å². The molecule has 0 spiro atoms. The van der Waals surface area contributed by atoms with Gasteiger partial charge in [-0.05, 0) is 19.4 Å². The van der Waals surface area contributed by atoms with Crippen molar-refractivity contribution in [1.82, 2.24) is 0 Å². The first-order valence-corrected chi connectivity index (χ1v) is 4.62. The molecule has 0 bridgehead atoms. The van der Waals surface area contributed by atoms with Crippen LogP contribution in [0, 0.1) is 6.92 Å². The Morgan fingerprint density at radius 1 is 1.14 bits per heavy atom. The van der Waals surface area contributed by atoms with E-state index in [1.54, 1.807) is 0 Å². The van der Waals surface area contributed by atoms with Crippen LogP contribution in [0.4, 0.5) is 0 Å². The van der Waals surface area contributed by atoms with E-state index in [-0.39, 0.29) is 5.97 Å². The van der Waals surface area contributed by atoms with Crippen LogP contribution in [0.1, 0.15) is 18.1 Å². The summed E-state index contributed by atoms with van der Waals surface area (Å²) in [6.07, 6.45) is 0. The normalized spacial score (nSPS) is 16.0. The molecule has 1 aromatic rings. The summed E-state index contributed by atoms with van der Waals surface area (Å²) in [5.74, 6) is -0.194. The predicted octanol–water partition coefficient (Wildman–Crippen LogP) is 2.33. The van der Waals surface area contributed by atoms with E-state index in [4.69, 9.17) is 4.74 Å². The predicted molar refractivity (Wildman–Crippen MR) is 54.7 cm³/mol. The number of hydrogen-bond donors (Lipinski definition) is 0. The molecule has 0 aliphatic carbocycles. The molecule has 0 fully saturated rings. The van der Waals surface area contributed by atoms with E-state index in [9.17, 15) is 4.79 Å². The van der Waals surface area contributed by atoms with Crippen molar-refractivity contribution in [2.45, 2.75) is 13.8 Å². The molecule has 0 aromatic heterocycles. The Hall–Kier alpha value is -1.57. The second kappa shape index (κ2) is 3.29. The van der Waals surface area contributed by atoms with Crippen molar-refractivity contribution in [2.24, 2.45) is 0 Å². The zero-order chi connectivity index (χ0) is 10.1. The van der Waals surface area contributed by atoms with Crippen LogP contribution in [-0.4, -0.2) is 12.6 Å². The maximum Gasteiger partial charge on any atom is 0.334 e. The number of aryl methyl sites for hydroxylation is 1. The molecule has 0 saturated heterocycles. The number of benzene rings is 1. The first-order chi connectivity index (χ1) is 6.68. The molecule has 0 radical (unpaired) electrons. The quantitative estimate of drug-likeness (QED) is 0.632. The SMILES string of the molecule is CC1=C(c2ccc(C)cc2)COC1=O. The minimum atomic E-state index is -0.194. The van der Waals surface area contributed by atoms with Gasteiger partial charge >= 0.3 is 5.97 Å². The fourth-order valence-corrected chi connectivity index (χ4v) is 1.53. The zero-order valence-electron chi connectivity index (χ0n) is 8.33. The molecule has 1 aromatic carbocycles. The van der Waals surface area contributed by atoms with Gasteiger partial charge in [0, 0.05) is 11.1 Å². The van der Waals surface area contributed by atoms with Gasteiger partial charge in [-0.2, -0.15) is 0 Å². The molecule has 1 aliphatic heterocycles. The van der Waals surface area contributed by atoms with Crippen molar-refractivity contribution in [2.75, 3.05) is 6.61 Å². The fraction of sp³-hybridized carbons (Fsp3) is 0.250. The minimum Gasteiger partial charge on any atom is -0.457 e. The summed E-state index contributed by atoms with van der Waals surface area (Å²) in [5.41, 5.74) is 4.04. The van der Waals surface area contributed by atoms with E-state index in [2.05, 4.69) is 0 Å². The second-order valence-corrected chi connectivity index (χ2v) is 3.55. The highest BCUT2D eigenvalue weighted by Crippen LogP contribution is 2.25. The average Bonchev–Trinajstić information content (AvgIpc) is 2.50. The first kappa shape index (κ1) is 9.00. The zero-order valence-corrected chi connectivity index (χ0v) is 8.33. The summed E-state index contributed by atoms with van der Waals surface area (Å²) in [4.78, 5) is 11.1. The summed E-state index contributed by atoms with van der Waals surface area (Å²) in [7, 11) is 0. The molecule has 0 saturated carbocycles. The molecule has 0 atom stereocenters. The fourth-order valence-electron chi connectivity index (χ4n) is 1.53. The summed E-state index contributed by atoms with van der Waals surface area (Å²) < 4.78 is 4.95. The van der Waals surface area contributed by atoms with E-state index in [1.165, 1.54) is 5.56 Å². The smallest absolute Gasteiger partial charge is 0.334 e. The molecule has 2 rings (SSSR count). The van der Waals surface area contributed by atoms with E-state index in [1.807, 2.05) is 38.1 Å². The Kier molecular flexibility index (Phi) is 2.12. The van der Waals surface area contributed by atoms with Crippen molar-refractivity contribution in [3.8, 4) is 0 Å². The molecule has 72 valence electrons. The molecule has 1 heterocycles. The molecule has 2 heteroatoms. The van der Waals surface area contributed by atoms with E-state index in [0.717, 1.165) is 16.7 Å². The van der Waals surface area contributed by atoms with E-state index in [0.29, 0.717) is 6.61 Å². The van der Waals surface area contributed by atoms with Crippen LogP contribution >= 0.6 is 0 Å². The maximum absolute atomic E-state index is 11.1. The number of ether oxygens (including phenoxy) is 1. The monoisotopic (exact) mass is 188 g/mol. The minimum absolute atomic E-state index is 0.194. The molecule has 0 unspecified atom stereocenters. The van der Waals surface area contributed by atoms with Crippen molar-refractivity contribution in [3.05, 3.63) is 41.0 Å². The lowest BCUT2D eigenvalue weighted by Crippen LogP contribution is -1.94. The third-order valence-electron chi connectivity index (χ3n) is 2.51. The van der Waals surface area contributed by atoms with Crippen LogP contribution in [-0.2, 0) is 9.53 Å². The molecule has 2 nitrogen and oxygen atoms in total. The number of hydrogen-bond acceptors (Lipinski definition) is 2. The molecule has 14 heavy (non-hydrogen) atoms. The van der Waals surface area contributed by atoms with Crippen LogP contribution in [0.25, 0.3) is 5.57 Å². The topological polar surface area (TPSA) is 26.3 Å². The van der Waals surface area contributed by atoms with Gasteiger partial charge in [0.05, 0.1) is 0 Å². The number of carbonyl (C=O) groups is 1. The summed E-state index contributed by atoms with van der Waals surface area (Å²) >= 11 is 0. The third kappa shape index (κ3) is 1.43. The average molecular weight is 188 g/mol. The number of carbonyl (C=O) groups excluding carboxylic acids is 1. The van der Waals surface area contributed by atoms with Crippen LogP contribution in [0.15, 0.2) is 29.8 Å². The van der Waals surface area contributed by atoms with Crippen LogP contribution in [0.2, 0.25) is 0 Å². The Morgan fingerprint density at radius 3 is 2.29 bits per heavy atom. The first-order valence-electron chi connectivity index (χ1n) is 4.62. The van der Waals surface area contributed by atoms with Crippen molar-refractivity contribution < 1.29 is 9.53 Å². The molecular formula is C12H12O2. The van der Waals surface area contributed by atoms with Gasteiger partial charge in [-0.1, -0.05) is 29.8 Å². The Bertz CT molecular complexity index is 399.